The van der Waals surface area contributed by atoms with Gasteiger partial charge in [0.05, 0.1) is 11.0 Å². The lowest BCUT2D eigenvalue weighted by Gasteiger charge is -2.54. The van der Waals surface area contributed by atoms with E-state index in [0.717, 1.165) is 29.0 Å². The second kappa shape index (κ2) is 4.05. The molecular weight excluding hydrogens is 232 g/mol. The van der Waals surface area contributed by atoms with Crippen LogP contribution >= 0.6 is 0 Å². The highest BCUT2D eigenvalue weighted by Crippen LogP contribution is 2.60. The summed E-state index contributed by atoms with van der Waals surface area (Å²) in [6.45, 7) is 0. The van der Waals surface area contributed by atoms with Gasteiger partial charge in [-0.15, -0.1) is 0 Å². The second-order valence-electron chi connectivity index (χ2n) is 7.01. The fourth-order valence-corrected chi connectivity index (χ4v) is 5.47. The summed E-state index contributed by atoms with van der Waals surface area (Å²) in [6, 6.07) is 10.3. The highest BCUT2D eigenvalue weighted by molar-refractivity contribution is 6.01. The van der Waals surface area contributed by atoms with E-state index in [9.17, 15) is 5.53 Å². The molecule has 1 aromatic carbocycles. The maximum absolute atomic E-state index is 9.63. The number of hydrogen-bond donors (Lipinski definition) is 0. The van der Waals surface area contributed by atoms with Crippen LogP contribution in [0.4, 0.5) is 0 Å². The topological polar surface area (TPSA) is 36.4 Å². The molecule has 0 radical (unpaired) electrons. The van der Waals surface area contributed by atoms with Crippen LogP contribution in [0, 0.1) is 23.2 Å². The van der Waals surface area contributed by atoms with E-state index < -0.39 is 0 Å². The Balaban J connectivity index is 1.77. The first kappa shape index (κ1) is 11.4. The molecule has 0 saturated heterocycles. The normalized spacial score (nSPS) is 39.1. The minimum Gasteiger partial charge on any atom is -0.361 e. The standard InChI is InChI=1S/C17H20N2/c18-19-16(15-4-2-1-3-5-15)17-9-12-6-13(10-17)8-14(7-12)11-17/h1-5,12-14H,6-11H2. The molecule has 4 fully saturated rings. The van der Waals surface area contributed by atoms with Crippen LogP contribution in [0.5, 0.6) is 0 Å². The lowest BCUT2D eigenvalue weighted by Crippen LogP contribution is -2.50. The molecular formula is C17H20N2. The van der Waals surface area contributed by atoms with Gasteiger partial charge < -0.3 is 5.53 Å². The average Bonchev–Trinajstić information content (AvgIpc) is 2.38. The molecule has 0 heterocycles. The van der Waals surface area contributed by atoms with Crippen LogP contribution in [0.15, 0.2) is 30.3 Å². The van der Waals surface area contributed by atoms with Gasteiger partial charge in [-0.1, -0.05) is 18.2 Å². The van der Waals surface area contributed by atoms with Crippen molar-refractivity contribution in [2.24, 2.45) is 23.2 Å². The van der Waals surface area contributed by atoms with Crippen LogP contribution in [0.1, 0.15) is 44.1 Å². The maximum atomic E-state index is 9.63. The zero-order chi connectivity index (χ0) is 12.9. The van der Waals surface area contributed by atoms with Gasteiger partial charge in [0, 0.05) is 0 Å². The molecule has 4 aliphatic carbocycles. The van der Waals surface area contributed by atoms with Crippen molar-refractivity contribution in [3.8, 4) is 0 Å². The van der Waals surface area contributed by atoms with Crippen molar-refractivity contribution in [3.63, 3.8) is 0 Å². The molecule has 0 aromatic heterocycles. The van der Waals surface area contributed by atoms with Crippen LogP contribution in [0.2, 0.25) is 0 Å². The summed E-state index contributed by atoms with van der Waals surface area (Å²) < 4.78 is 0. The molecule has 2 heteroatoms. The molecule has 4 saturated carbocycles. The van der Waals surface area contributed by atoms with E-state index in [1.807, 2.05) is 18.2 Å². The first-order valence-corrected chi connectivity index (χ1v) is 7.57. The lowest BCUT2D eigenvalue weighted by molar-refractivity contribution is -0.0646. The summed E-state index contributed by atoms with van der Waals surface area (Å²) in [4.78, 5) is 3.76. The Hall–Kier alpha value is -1.40. The predicted molar refractivity (Wildman–Crippen MR) is 74.8 cm³/mol. The molecule has 0 amide bonds. The van der Waals surface area contributed by atoms with Crippen molar-refractivity contribution in [1.29, 1.82) is 0 Å². The Morgan fingerprint density at radius 3 is 1.95 bits per heavy atom. The van der Waals surface area contributed by atoms with Crippen LogP contribution in [0.25, 0.3) is 5.53 Å². The largest absolute Gasteiger partial charge is 0.361 e. The minimum absolute atomic E-state index is 0.171. The molecule has 4 aliphatic rings. The van der Waals surface area contributed by atoms with Crippen molar-refractivity contribution < 1.29 is 4.79 Å². The summed E-state index contributed by atoms with van der Waals surface area (Å²) in [5.74, 6) is 2.64. The highest BCUT2D eigenvalue weighted by atomic mass is 14.9. The Bertz CT molecular complexity index is 504. The van der Waals surface area contributed by atoms with Crippen molar-refractivity contribution in [3.05, 3.63) is 41.4 Å². The number of benzene rings is 1. The van der Waals surface area contributed by atoms with Crippen LogP contribution in [0.3, 0.4) is 0 Å². The fourth-order valence-electron chi connectivity index (χ4n) is 5.47. The summed E-state index contributed by atoms with van der Waals surface area (Å²) >= 11 is 0. The predicted octanol–water partition coefficient (Wildman–Crippen LogP) is 3.92. The third kappa shape index (κ3) is 1.70. The van der Waals surface area contributed by atoms with Gasteiger partial charge in [0.15, 0.2) is 0 Å². The van der Waals surface area contributed by atoms with E-state index in [2.05, 4.69) is 16.9 Å². The van der Waals surface area contributed by atoms with E-state index in [4.69, 9.17) is 0 Å². The third-order valence-electron chi connectivity index (χ3n) is 5.69. The number of nitrogens with zero attached hydrogens (tertiary/aromatic N) is 2. The van der Waals surface area contributed by atoms with Crippen molar-refractivity contribution in [2.45, 2.75) is 38.5 Å². The van der Waals surface area contributed by atoms with Gasteiger partial charge in [0.25, 0.3) is 0 Å². The van der Waals surface area contributed by atoms with Crippen molar-refractivity contribution in [1.82, 2.24) is 0 Å². The van der Waals surface area contributed by atoms with Gasteiger partial charge in [-0.05, 0) is 68.4 Å². The van der Waals surface area contributed by atoms with Gasteiger partial charge in [-0.2, -0.15) is 4.79 Å². The van der Waals surface area contributed by atoms with Gasteiger partial charge in [0.2, 0.25) is 0 Å². The van der Waals surface area contributed by atoms with E-state index in [0.29, 0.717) is 0 Å². The first-order valence-electron chi connectivity index (χ1n) is 7.57. The molecule has 0 aliphatic heterocycles. The molecule has 2 nitrogen and oxygen atoms in total. The van der Waals surface area contributed by atoms with Gasteiger partial charge in [-0.25, -0.2) is 0 Å². The summed E-state index contributed by atoms with van der Waals surface area (Å²) in [7, 11) is 0. The number of hydrogen-bond acceptors (Lipinski definition) is 0. The van der Waals surface area contributed by atoms with Gasteiger partial charge in [-0.3, -0.25) is 0 Å². The smallest absolute Gasteiger partial charge is 0.305 e. The van der Waals surface area contributed by atoms with Crippen molar-refractivity contribution in [2.75, 3.05) is 0 Å². The van der Waals surface area contributed by atoms with Crippen LogP contribution in [-0.4, -0.2) is 10.5 Å². The molecule has 98 valence electrons. The molecule has 0 N–H and O–H groups in total. The van der Waals surface area contributed by atoms with Crippen LogP contribution in [-0.2, 0) is 0 Å². The second-order valence-corrected chi connectivity index (χ2v) is 7.01. The quantitative estimate of drug-likeness (QED) is 0.434. The SMILES string of the molecule is [N-]=[N+]=C(c1ccccc1)C12CC3CC(CC(C3)C1)C2. The van der Waals surface area contributed by atoms with E-state index in [1.165, 1.54) is 38.5 Å². The molecule has 4 bridgehead atoms. The Morgan fingerprint density at radius 2 is 1.47 bits per heavy atom. The minimum atomic E-state index is 0.171. The highest BCUT2D eigenvalue weighted by Gasteiger charge is 2.56. The monoisotopic (exact) mass is 252 g/mol. The van der Waals surface area contributed by atoms with Crippen molar-refractivity contribution >= 4 is 5.71 Å². The summed E-state index contributed by atoms with van der Waals surface area (Å²) in [6.07, 6.45) is 8.00. The Labute approximate surface area is 114 Å². The van der Waals surface area contributed by atoms with E-state index >= 15 is 0 Å². The summed E-state index contributed by atoms with van der Waals surface area (Å²) in [5.41, 5.74) is 11.9. The molecule has 5 rings (SSSR count). The zero-order valence-corrected chi connectivity index (χ0v) is 11.3. The molecule has 1 aromatic rings. The first-order chi connectivity index (χ1) is 9.29. The Kier molecular flexibility index (Phi) is 2.43. The van der Waals surface area contributed by atoms with Gasteiger partial charge >= 0.3 is 5.71 Å². The zero-order valence-electron chi connectivity index (χ0n) is 11.3. The average molecular weight is 252 g/mol. The molecule has 19 heavy (non-hydrogen) atoms. The molecule has 0 atom stereocenters. The summed E-state index contributed by atoms with van der Waals surface area (Å²) in [5, 5.41) is 0. The van der Waals surface area contributed by atoms with Gasteiger partial charge in [0.1, 0.15) is 0 Å². The molecule has 0 unspecified atom stereocenters. The van der Waals surface area contributed by atoms with E-state index in [-0.39, 0.29) is 5.41 Å². The third-order valence-corrected chi connectivity index (χ3v) is 5.69. The molecule has 0 spiro atoms. The van der Waals surface area contributed by atoms with Crippen LogP contribution < -0.4 is 0 Å². The number of rotatable bonds is 2. The maximum Gasteiger partial charge on any atom is 0.305 e. The Morgan fingerprint density at radius 1 is 0.947 bits per heavy atom. The lowest BCUT2D eigenvalue weighted by atomic mass is 9.48. The van der Waals surface area contributed by atoms with E-state index in [1.54, 1.807) is 0 Å². The fraction of sp³-hybridized carbons (Fsp3) is 0.588.